The van der Waals surface area contributed by atoms with Crippen molar-refractivity contribution in [2.45, 2.75) is 51.4 Å². The first-order valence-corrected chi connectivity index (χ1v) is 5.48. The van der Waals surface area contributed by atoms with Crippen LogP contribution >= 0.6 is 0 Å². The van der Waals surface area contributed by atoms with Gasteiger partial charge in [-0.3, -0.25) is 0 Å². The average Bonchev–Trinajstić information content (AvgIpc) is 2.62. The summed E-state index contributed by atoms with van der Waals surface area (Å²) in [6.07, 6.45) is 0.312. The predicted octanol–water partition coefficient (Wildman–Crippen LogP) is 0.946. The quantitative estimate of drug-likeness (QED) is 0.716. The fraction of sp³-hybridized carbons (Fsp3) is 0.818. The van der Waals surface area contributed by atoms with E-state index in [0.717, 1.165) is 6.42 Å². The van der Waals surface area contributed by atoms with Gasteiger partial charge in [0, 0.05) is 6.54 Å². The molecule has 0 aromatic heterocycles. The lowest BCUT2D eigenvalue weighted by Crippen LogP contribution is -2.45. The molecule has 1 aliphatic rings. The number of aliphatic hydroxyl groups excluding tert-OH is 1. The maximum absolute atomic E-state index is 11.8. The van der Waals surface area contributed by atoms with Gasteiger partial charge in [-0.25, -0.2) is 4.79 Å². The molecule has 0 aromatic carbocycles. The van der Waals surface area contributed by atoms with Gasteiger partial charge in [0.05, 0.1) is 6.04 Å². The van der Waals surface area contributed by atoms with Crippen molar-refractivity contribution in [3.63, 3.8) is 0 Å². The Morgan fingerprint density at radius 1 is 1.56 bits per heavy atom. The van der Waals surface area contributed by atoms with Crippen molar-refractivity contribution in [2.75, 3.05) is 6.54 Å². The third kappa shape index (κ3) is 3.20. The summed E-state index contributed by atoms with van der Waals surface area (Å²) in [5, 5.41) is 9.46. The highest BCUT2D eigenvalue weighted by atomic mass is 16.6. The first-order valence-electron chi connectivity index (χ1n) is 5.48. The van der Waals surface area contributed by atoms with Crippen LogP contribution in [0.3, 0.4) is 0 Å². The van der Waals surface area contributed by atoms with Gasteiger partial charge in [0.25, 0.3) is 0 Å². The van der Waals surface area contributed by atoms with E-state index in [1.807, 2.05) is 0 Å². The average molecular weight is 229 g/mol. The van der Waals surface area contributed by atoms with E-state index in [4.69, 9.17) is 4.74 Å². The Kier molecular flexibility index (Phi) is 3.91. The fourth-order valence-electron chi connectivity index (χ4n) is 1.79. The van der Waals surface area contributed by atoms with Gasteiger partial charge in [-0.1, -0.05) is 0 Å². The van der Waals surface area contributed by atoms with Crippen LogP contribution in [0.15, 0.2) is 0 Å². The van der Waals surface area contributed by atoms with Crippen LogP contribution in [0.25, 0.3) is 0 Å². The summed E-state index contributed by atoms with van der Waals surface area (Å²) in [6.45, 7) is 5.88. The summed E-state index contributed by atoms with van der Waals surface area (Å²) in [5.74, 6) is 0. The van der Waals surface area contributed by atoms with E-state index in [9.17, 15) is 14.7 Å². The Morgan fingerprint density at radius 3 is 2.69 bits per heavy atom. The molecule has 0 saturated carbocycles. The highest BCUT2D eigenvalue weighted by Crippen LogP contribution is 2.22. The Morgan fingerprint density at radius 2 is 2.19 bits per heavy atom. The number of hydrogen-bond acceptors (Lipinski definition) is 4. The number of carbonyl (C=O) groups excluding carboxylic acids is 2. The predicted molar refractivity (Wildman–Crippen MR) is 58.0 cm³/mol. The number of hydrogen-bond donors (Lipinski definition) is 1. The van der Waals surface area contributed by atoms with E-state index in [1.165, 1.54) is 4.90 Å². The van der Waals surface area contributed by atoms with E-state index in [1.54, 1.807) is 20.8 Å². The number of likely N-dealkylation sites (tertiary alicyclic amines) is 1. The molecule has 0 radical (unpaired) electrons. The molecular weight excluding hydrogens is 210 g/mol. The van der Waals surface area contributed by atoms with Gasteiger partial charge in [-0.15, -0.1) is 0 Å². The Labute approximate surface area is 95.4 Å². The minimum atomic E-state index is -1.12. The summed E-state index contributed by atoms with van der Waals surface area (Å²) in [7, 11) is 0. The van der Waals surface area contributed by atoms with Crippen molar-refractivity contribution in [1.29, 1.82) is 0 Å². The standard InChI is InChI=1S/C11H19NO4/c1-11(2,3)16-10(15)12-6-4-5-8(12)9(14)7-13/h7-9,14H,4-6H2,1-3H3/t8-,9+/m0/s1. The fourth-order valence-corrected chi connectivity index (χ4v) is 1.79. The topological polar surface area (TPSA) is 66.8 Å². The van der Waals surface area contributed by atoms with Gasteiger partial charge in [-0.05, 0) is 33.6 Å². The lowest BCUT2D eigenvalue weighted by Gasteiger charge is -2.29. The zero-order valence-corrected chi connectivity index (χ0v) is 9.97. The number of aldehydes is 1. The van der Waals surface area contributed by atoms with Gasteiger partial charge < -0.3 is 19.5 Å². The van der Waals surface area contributed by atoms with Crippen molar-refractivity contribution in [1.82, 2.24) is 4.90 Å². The third-order valence-electron chi connectivity index (χ3n) is 2.46. The summed E-state index contributed by atoms with van der Waals surface area (Å²) >= 11 is 0. The highest BCUT2D eigenvalue weighted by Gasteiger charge is 2.36. The third-order valence-corrected chi connectivity index (χ3v) is 2.46. The Bertz CT molecular complexity index is 272. The first-order chi connectivity index (χ1) is 7.35. The number of aliphatic hydroxyl groups is 1. The van der Waals surface area contributed by atoms with Crippen molar-refractivity contribution in [2.24, 2.45) is 0 Å². The van der Waals surface area contributed by atoms with E-state index in [2.05, 4.69) is 0 Å². The summed E-state index contributed by atoms with van der Waals surface area (Å²) < 4.78 is 5.21. The molecule has 2 atom stereocenters. The van der Waals surface area contributed by atoms with Crippen LogP contribution < -0.4 is 0 Å². The number of nitrogens with zero attached hydrogens (tertiary/aromatic N) is 1. The van der Waals surface area contributed by atoms with Crippen molar-refractivity contribution in [3.8, 4) is 0 Å². The second-order valence-electron chi connectivity index (χ2n) is 5.01. The minimum Gasteiger partial charge on any atom is -0.444 e. The van der Waals surface area contributed by atoms with E-state index in [0.29, 0.717) is 19.3 Å². The maximum Gasteiger partial charge on any atom is 0.410 e. The van der Waals surface area contributed by atoms with Gasteiger partial charge in [-0.2, -0.15) is 0 Å². The normalized spacial score (nSPS) is 23.0. The molecule has 5 nitrogen and oxygen atoms in total. The van der Waals surface area contributed by atoms with Crippen molar-refractivity contribution < 1.29 is 19.4 Å². The first kappa shape index (κ1) is 13.0. The molecule has 1 N–H and O–H groups in total. The molecule has 92 valence electrons. The molecule has 1 saturated heterocycles. The number of ether oxygens (including phenoxy) is 1. The molecule has 1 fully saturated rings. The Hall–Kier alpha value is -1.10. The molecule has 5 heteroatoms. The smallest absolute Gasteiger partial charge is 0.410 e. The zero-order chi connectivity index (χ0) is 12.3. The van der Waals surface area contributed by atoms with Crippen LogP contribution in [-0.2, 0) is 9.53 Å². The molecule has 1 heterocycles. The molecule has 0 unspecified atom stereocenters. The van der Waals surface area contributed by atoms with E-state index in [-0.39, 0.29) is 0 Å². The zero-order valence-electron chi connectivity index (χ0n) is 9.97. The van der Waals surface area contributed by atoms with Gasteiger partial charge in [0.2, 0.25) is 0 Å². The molecule has 1 amide bonds. The SMILES string of the molecule is CC(C)(C)OC(=O)N1CCC[C@H]1[C@H](O)C=O. The number of rotatable bonds is 2. The van der Waals surface area contributed by atoms with Gasteiger partial charge >= 0.3 is 6.09 Å². The molecular formula is C11H19NO4. The van der Waals surface area contributed by atoms with Crippen LogP contribution in [0.4, 0.5) is 4.79 Å². The van der Waals surface area contributed by atoms with Gasteiger partial charge in [0.15, 0.2) is 6.29 Å². The minimum absolute atomic E-state index is 0.438. The molecule has 0 aromatic rings. The number of amides is 1. The highest BCUT2D eigenvalue weighted by molar-refractivity contribution is 5.70. The summed E-state index contributed by atoms with van der Waals surface area (Å²) in [4.78, 5) is 23.7. The van der Waals surface area contributed by atoms with E-state index < -0.39 is 23.8 Å². The molecule has 1 rings (SSSR count). The molecule has 0 bridgehead atoms. The van der Waals surface area contributed by atoms with Gasteiger partial charge in [0.1, 0.15) is 11.7 Å². The number of carbonyl (C=O) groups is 2. The van der Waals surface area contributed by atoms with Crippen molar-refractivity contribution in [3.05, 3.63) is 0 Å². The Balaban J connectivity index is 2.64. The lowest BCUT2D eigenvalue weighted by atomic mass is 10.1. The monoisotopic (exact) mass is 229 g/mol. The second kappa shape index (κ2) is 4.82. The summed E-state index contributed by atoms with van der Waals surface area (Å²) in [6, 6.07) is -0.438. The van der Waals surface area contributed by atoms with Crippen molar-refractivity contribution >= 4 is 12.4 Å². The largest absolute Gasteiger partial charge is 0.444 e. The van der Waals surface area contributed by atoms with E-state index >= 15 is 0 Å². The van der Waals surface area contributed by atoms with Crippen LogP contribution in [-0.4, -0.2) is 46.7 Å². The van der Waals surface area contributed by atoms with Crippen LogP contribution in [0.1, 0.15) is 33.6 Å². The van der Waals surface area contributed by atoms with Crippen LogP contribution in [0.2, 0.25) is 0 Å². The lowest BCUT2D eigenvalue weighted by molar-refractivity contribution is -0.117. The van der Waals surface area contributed by atoms with Crippen LogP contribution in [0.5, 0.6) is 0 Å². The summed E-state index contributed by atoms with van der Waals surface area (Å²) in [5.41, 5.74) is -0.559. The molecule has 0 spiro atoms. The second-order valence-corrected chi connectivity index (χ2v) is 5.01. The molecule has 0 aliphatic carbocycles. The van der Waals surface area contributed by atoms with Crippen LogP contribution in [0, 0.1) is 0 Å². The maximum atomic E-state index is 11.8. The molecule has 16 heavy (non-hydrogen) atoms. The molecule has 1 aliphatic heterocycles.